The molecule has 0 bridgehead atoms. The molecule has 0 radical (unpaired) electrons. The Bertz CT molecular complexity index is 1040. The Hall–Kier alpha value is -1.80. The van der Waals surface area contributed by atoms with E-state index in [1.165, 1.54) is 24.4 Å². The van der Waals surface area contributed by atoms with Crippen molar-refractivity contribution < 1.29 is 21.6 Å². The molecule has 8 heteroatoms. The van der Waals surface area contributed by atoms with Crippen LogP contribution in [0.5, 0.6) is 0 Å². The monoisotopic (exact) mass is 417 g/mol. The van der Waals surface area contributed by atoms with Gasteiger partial charge in [-0.15, -0.1) is 0 Å². The van der Waals surface area contributed by atoms with Gasteiger partial charge in [0.2, 0.25) is 0 Å². The van der Waals surface area contributed by atoms with Gasteiger partial charge in [-0.25, -0.2) is 12.4 Å². The van der Waals surface area contributed by atoms with E-state index < -0.39 is 21.8 Å². The SMILES string of the molecule is Cc1cn(S(=O)(=O)c2cccc(Br)c2)c2ccc(C(F)(F)F)cc12. The Balaban J connectivity index is 2.24. The molecule has 0 unspecified atom stereocenters. The number of alkyl halides is 3. The van der Waals surface area contributed by atoms with Crippen LogP contribution in [0.4, 0.5) is 13.2 Å². The molecule has 24 heavy (non-hydrogen) atoms. The predicted octanol–water partition coefficient (Wildman–Crippen LogP) is 4.97. The summed E-state index contributed by atoms with van der Waals surface area (Å²) in [7, 11) is -3.91. The highest BCUT2D eigenvalue weighted by atomic mass is 79.9. The lowest BCUT2D eigenvalue weighted by Crippen LogP contribution is -2.12. The first-order chi connectivity index (χ1) is 11.1. The number of rotatable bonds is 2. The molecule has 3 rings (SSSR count). The third kappa shape index (κ3) is 2.84. The average Bonchev–Trinajstić information content (AvgIpc) is 2.84. The van der Waals surface area contributed by atoms with Gasteiger partial charge in [-0.3, -0.25) is 0 Å². The number of halogens is 4. The van der Waals surface area contributed by atoms with E-state index in [0.29, 0.717) is 10.0 Å². The van der Waals surface area contributed by atoms with Crippen molar-refractivity contribution in [1.82, 2.24) is 3.97 Å². The standard InChI is InChI=1S/C16H11BrF3NO2S/c1-10-9-21(24(22,23)13-4-2-3-12(17)8-13)15-6-5-11(7-14(10)15)16(18,19)20/h2-9H,1H3. The molecule has 0 amide bonds. The van der Waals surface area contributed by atoms with Gasteiger partial charge in [0.15, 0.2) is 0 Å². The first-order valence-corrected chi connectivity index (χ1v) is 9.04. The second-order valence-electron chi connectivity index (χ2n) is 5.30. The lowest BCUT2D eigenvalue weighted by atomic mass is 10.1. The van der Waals surface area contributed by atoms with Crippen molar-refractivity contribution >= 4 is 36.9 Å². The Morgan fingerprint density at radius 3 is 2.42 bits per heavy atom. The van der Waals surface area contributed by atoms with Crippen LogP contribution in [0.15, 0.2) is 58.0 Å². The number of benzene rings is 2. The molecule has 2 aromatic carbocycles. The summed E-state index contributed by atoms with van der Waals surface area (Å²) in [6.07, 6.45) is -3.15. The van der Waals surface area contributed by atoms with Crippen molar-refractivity contribution in [2.75, 3.05) is 0 Å². The maximum Gasteiger partial charge on any atom is 0.416 e. The fourth-order valence-corrected chi connectivity index (χ4v) is 4.49. The number of fused-ring (bicyclic) bond motifs is 1. The number of nitrogens with zero attached hydrogens (tertiary/aromatic N) is 1. The average molecular weight is 418 g/mol. The van der Waals surface area contributed by atoms with Crippen molar-refractivity contribution in [1.29, 1.82) is 0 Å². The molecule has 0 aliphatic rings. The lowest BCUT2D eigenvalue weighted by molar-refractivity contribution is -0.137. The van der Waals surface area contributed by atoms with Crippen LogP contribution in [0.25, 0.3) is 10.9 Å². The van der Waals surface area contributed by atoms with Crippen LogP contribution in [0, 0.1) is 6.92 Å². The second-order valence-corrected chi connectivity index (χ2v) is 8.03. The summed E-state index contributed by atoms with van der Waals surface area (Å²) in [6, 6.07) is 9.18. The number of aryl methyl sites for hydroxylation is 1. The zero-order chi connectivity index (χ0) is 17.7. The topological polar surface area (TPSA) is 39.1 Å². The molecule has 0 fully saturated rings. The normalized spacial score (nSPS) is 12.7. The first kappa shape index (κ1) is 17.0. The van der Waals surface area contributed by atoms with Crippen molar-refractivity contribution in [3.05, 3.63) is 64.3 Å². The second kappa shape index (κ2) is 5.63. The smallest absolute Gasteiger partial charge is 0.241 e. The molecule has 1 aromatic heterocycles. The van der Waals surface area contributed by atoms with Gasteiger partial charge in [-0.1, -0.05) is 22.0 Å². The molecule has 0 aliphatic heterocycles. The van der Waals surface area contributed by atoms with Gasteiger partial charge in [0, 0.05) is 16.1 Å². The Labute approximate surface area is 144 Å². The van der Waals surface area contributed by atoms with Gasteiger partial charge in [0.25, 0.3) is 10.0 Å². The molecule has 0 atom stereocenters. The molecule has 0 aliphatic carbocycles. The molecule has 0 spiro atoms. The van der Waals surface area contributed by atoms with Gasteiger partial charge in [-0.2, -0.15) is 13.2 Å². The fourth-order valence-electron chi connectivity index (χ4n) is 2.48. The van der Waals surface area contributed by atoms with Crippen molar-refractivity contribution in [2.45, 2.75) is 18.0 Å². The quantitative estimate of drug-likeness (QED) is 0.590. The summed E-state index contributed by atoms with van der Waals surface area (Å²) in [5, 5.41) is 0.253. The molecule has 126 valence electrons. The fraction of sp³-hybridized carbons (Fsp3) is 0.125. The van der Waals surface area contributed by atoms with E-state index in [4.69, 9.17) is 0 Å². The third-order valence-electron chi connectivity index (χ3n) is 3.65. The van der Waals surface area contributed by atoms with Crippen molar-refractivity contribution in [2.24, 2.45) is 0 Å². The summed E-state index contributed by atoms with van der Waals surface area (Å²) >= 11 is 3.21. The van der Waals surface area contributed by atoms with E-state index >= 15 is 0 Å². The summed E-state index contributed by atoms with van der Waals surface area (Å²) in [6.45, 7) is 1.58. The van der Waals surface area contributed by atoms with Crippen LogP contribution >= 0.6 is 15.9 Å². The van der Waals surface area contributed by atoms with Crippen LogP contribution in [0.3, 0.4) is 0 Å². The van der Waals surface area contributed by atoms with Gasteiger partial charge in [0.1, 0.15) is 0 Å². The van der Waals surface area contributed by atoms with Gasteiger partial charge < -0.3 is 0 Å². The number of hydrogen-bond donors (Lipinski definition) is 0. The van der Waals surface area contributed by atoms with E-state index in [9.17, 15) is 21.6 Å². The van der Waals surface area contributed by atoms with E-state index in [2.05, 4.69) is 15.9 Å². The Morgan fingerprint density at radius 1 is 1.08 bits per heavy atom. The summed E-state index contributed by atoms with van der Waals surface area (Å²) < 4.78 is 65.8. The molecule has 3 aromatic rings. The minimum atomic E-state index is -4.48. The zero-order valence-corrected chi connectivity index (χ0v) is 14.7. The molecular weight excluding hydrogens is 407 g/mol. The molecule has 0 saturated carbocycles. The number of hydrogen-bond acceptors (Lipinski definition) is 2. The van der Waals surface area contributed by atoms with E-state index in [0.717, 1.165) is 16.1 Å². The highest BCUT2D eigenvalue weighted by Crippen LogP contribution is 2.34. The minimum absolute atomic E-state index is 0.0497. The van der Waals surface area contributed by atoms with Crippen LogP contribution in [-0.4, -0.2) is 12.4 Å². The minimum Gasteiger partial charge on any atom is -0.241 e. The van der Waals surface area contributed by atoms with Crippen molar-refractivity contribution in [3.63, 3.8) is 0 Å². The van der Waals surface area contributed by atoms with Crippen LogP contribution in [0.1, 0.15) is 11.1 Å². The molecule has 3 nitrogen and oxygen atoms in total. The number of aromatic nitrogens is 1. The molecule has 0 saturated heterocycles. The predicted molar refractivity (Wildman–Crippen MR) is 88.4 cm³/mol. The summed E-state index contributed by atoms with van der Waals surface area (Å²) in [5.41, 5.74) is -0.147. The third-order valence-corrected chi connectivity index (χ3v) is 5.81. The molecular formula is C16H11BrF3NO2S. The highest BCUT2D eigenvalue weighted by Gasteiger charge is 2.31. The molecule has 0 N–H and O–H groups in total. The van der Waals surface area contributed by atoms with Crippen LogP contribution in [-0.2, 0) is 16.2 Å². The van der Waals surface area contributed by atoms with E-state index in [-0.39, 0.29) is 15.8 Å². The maximum atomic E-state index is 12.9. The Kier molecular flexibility index (Phi) is 4.00. The Morgan fingerprint density at radius 2 is 1.79 bits per heavy atom. The largest absolute Gasteiger partial charge is 0.416 e. The maximum absolute atomic E-state index is 12.9. The summed E-state index contributed by atoms with van der Waals surface area (Å²) in [5.74, 6) is 0. The van der Waals surface area contributed by atoms with Crippen molar-refractivity contribution in [3.8, 4) is 0 Å². The lowest BCUT2D eigenvalue weighted by Gasteiger charge is -2.09. The highest BCUT2D eigenvalue weighted by molar-refractivity contribution is 9.10. The van der Waals surface area contributed by atoms with Gasteiger partial charge in [0.05, 0.1) is 16.0 Å². The van der Waals surface area contributed by atoms with E-state index in [1.807, 2.05) is 0 Å². The first-order valence-electron chi connectivity index (χ1n) is 6.81. The van der Waals surface area contributed by atoms with Crippen LogP contribution < -0.4 is 0 Å². The van der Waals surface area contributed by atoms with E-state index in [1.54, 1.807) is 19.1 Å². The van der Waals surface area contributed by atoms with Gasteiger partial charge >= 0.3 is 6.18 Å². The van der Waals surface area contributed by atoms with Crippen LogP contribution in [0.2, 0.25) is 0 Å². The van der Waals surface area contributed by atoms with Gasteiger partial charge in [-0.05, 0) is 48.9 Å². The molecule has 1 heterocycles. The zero-order valence-electron chi connectivity index (χ0n) is 12.3. The summed E-state index contributed by atoms with van der Waals surface area (Å²) in [4.78, 5) is 0.0497.